The molecule has 1 fully saturated rings. The normalized spacial score (nSPS) is 29.2. The number of rotatable bonds is 4. The Morgan fingerprint density at radius 1 is 1.54 bits per heavy atom. The van der Waals surface area contributed by atoms with Crippen molar-refractivity contribution in [3.05, 3.63) is 0 Å². The fourth-order valence-corrected chi connectivity index (χ4v) is 1.33. The quantitative estimate of drug-likeness (QED) is 0.644. The molecule has 4 nitrogen and oxygen atoms in total. The maximum Gasteiger partial charge on any atom is 0.237 e. The van der Waals surface area contributed by atoms with Crippen molar-refractivity contribution in [2.24, 2.45) is 0 Å². The Bertz CT molecular complexity index is 178. The molecule has 0 aromatic rings. The van der Waals surface area contributed by atoms with Crippen molar-refractivity contribution >= 4 is 5.91 Å². The average Bonchev–Trinajstić information content (AvgIpc) is 2.08. The molecule has 0 aliphatic heterocycles. The van der Waals surface area contributed by atoms with Crippen LogP contribution < -0.4 is 10.6 Å². The fraction of sp³-hybridized carbons (Fsp3) is 0.889. The van der Waals surface area contributed by atoms with Crippen molar-refractivity contribution < 1.29 is 9.53 Å². The SMILES string of the molecule is CNC(C)C(=O)NC1CC(OC)C1. The van der Waals surface area contributed by atoms with E-state index in [1.165, 1.54) is 0 Å². The number of hydrogen-bond acceptors (Lipinski definition) is 3. The van der Waals surface area contributed by atoms with Crippen LogP contribution in [0.3, 0.4) is 0 Å². The minimum absolute atomic E-state index is 0.0713. The van der Waals surface area contributed by atoms with Gasteiger partial charge >= 0.3 is 0 Å². The van der Waals surface area contributed by atoms with E-state index in [4.69, 9.17) is 4.74 Å². The average molecular weight is 186 g/mol. The zero-order valence-electron chi connectivity index (χ0n) is 8.46. The lowest BCUT2D eigenvalue weighted by Gasteiger charge is -2.35. The number of amides is 1. The maximum absolute atomic E-state index is 11.4. The highest BCUT2D eigenvalue weighted by atomic mass is 16.5. The van der Waals surface area contributed by atoms with E-state index < -0.39 is 0 Å². The molecule has 1 aliphatic rings. The summed E-state index contributed by atoms with van der Waals surface area (Å²) in [4.78, 5) is 11.4. The van der Waals surface area contributed by atoms with Gasteiger partial charge in [0.1, 0.15) is 0 Å². The Labute approximate surface area is 79.0 Å². The molecule has 0 aromatic carbocycles. The fourth-order valence-electron chi connectivity index (χ4n) is 1.33. The summed E-state index contributed by atoms with van der Waals surface area (Å²) < 4.78 is 5.12. The molecule has 76 valence electrons. The first kappa shape index (κ1) is 10.5. The topological polar surface area (TPSA) is 50.4 Å². The Hall–Kier alpha value is -0.610. The molecule has 4 heteroatoms. The molecule has 0 heterocycles. The van der Waals surface area contributed by atoms with E-state index in [0.29, 0.717) is 12.1 Å². The smallest absolute Gasteiger partial charge is 0.237 e. The van der Waals surface area contributed by atoms with Crippen molar-refractivity contribution in [2.45, 2.75) is 38.0 Å². The van der Waals surface area contributed by atoms with Gasteiger partial charge in [-0.05, 0) is 26.8 Å². The first-order valence-electron chi connectivity index (χ1n) is 4.67. The van der Waals surface area contributed by atoms with E-state index in [1.54, 1.807) is 14.2 Å². The molecular formula is C9H18N2O2. The second kappa shape index (κ2) is 4.58. The molecule has 13 heavy (non-hydrogen) atoms. The number of hydrogen-bond donors (Lipinski definition) is 2. The van der Waals surface area contributed by atoms with Crippen molar-refractivity contribution in [1.82, 2.24) is 10.6 Å². The molecule has 1 unspecified atom stereocenters. The summed E-state index contributed by atoms with van der Waals surface area (Å²) in [5, 5.41) is 5.85. The van der Waals surface area contributed by atoms with Crippen LogP contribution in [0.2, 0.25) is 0 Å². The van der Waals surface area contributed by atoms with Crippen LogP contribution in [0.4, 0.5) is 0 Å². The van der Waals surface area contributed by atoms with E-state index in [-0.39, 0.29) is 11.9 Å². The van der Waals surface area contributed by atoms with Crippen LogP contribution in [-0.4, -0.2) is 38.3 Å². The van der Waals surface area contributed by atoms with Gasteiger partial charge in [0.2, 0.25) is 5.91 Å². The number of carbonyl (C=O) groups excluding carboxylic acids is 1. The Morgan fingerprint density at radius 2 is 2.15 bits per heavy atom. The summed E-state index contributed by atoms with van der Waals surface area (Å²) in [5.74, 6) is 0.0713. The predicted octanol–water partition coefficient (Wildman–Crippen LogP) is -0.112. The van der Waals surface area contributed by atoms with Gasteiger partial charge in [-0.2, -0.15) is 0 Å². The molecule has 0 aromatic heterocycles. The van der Waals surface area contributed by atoms with Crippen LogP contribution in [0.25, 0.3) is 0 Å². The Morgan fingerprint density at radius 3 is 2.62 bits per heavy atom. The van der Waals surface area contributed by atoms with Crippen molar-refractivity contribution in [1.29, 1.82) is 0 Å². The highest BCUT2D eigenvalue weighted by molar-refractivity contribution is 5.81. The molecule has 1 atom stereocenters. The van der Waals surface area contributed by atoms with Crippen LogP contribution in [-0.2, 0) is 9.53 Å². The molecule has 0 saturated heterocycles. The maximum atomic E-state index is 11.4. The molecule has 1 rings (SSSR count). The molecule has 1 saturated carbocycles. The summed E-state index contributed by atoms with van der Waals surface area (Å²) in [7, 11) is 3.49. The number of nitrogens with one attached hydrogen (secondary N) is 2. The minimum Gasteiger partial charge on any atom is -0.381 e. The number of ether oxygens (including phenoxy) is 1. The molecule has 1 amide bonds. The monoisotopic (exact) mass is 186 g/mol. The van der Waals surface area contributed by atoms with Gasteiger partial charge in [0.15, 0.2) is 0 Å². The zero-order valence-corrected chi connectivity index (χ0v) is 8.46. The van der Waals surface area contributed by atoms with Gasteiger partial charge < -0.3 is 15.4 Å². The van der Waals surface area contributed by atoms with Crippen LogP contribution in [0.1, 0.15) is 19.8 Å². The van der Waals surface area contributed by atoms with E-state index in [1.807, 2.05) is 6.92 Å². The van der Waals surface area contributed by atoms with Gasteiger partial charge in [-0.1, -0.05) is 0 Å². The van der Waals surface area contributed by atoms with Crippen molar-refractivity contribution in [3.8, 4) is 0 Å². The lowest BCUT2D eigenvalue weighted by molar-refractivity contribution is -0.125. The van der Waals surface area contributed by atoms with Crippen LogP contribution >= 0.6 is 0 Å². The lowest BCUT2D eigenvalue weighted by Crippen LogP contribution is -2.52. The molecule has 0 spiro atoms. The number of methoxy groups -OCH3 is 1. The van der Waals surface area contributed by atoms with Gasteiger partial charge in [-0.15, -0.1) is 0 Å². The highest BCUT2D eigenvalue weighted by Crippen LogP contribution is 2.22. The summed E-state index contributed by atoms with van der Waals surface area (Å²) in [5.41, 5.74) is 0. The van der Waals surface area contributed by atoms with Crippen LogP contribution in [0.5, 0.6) is 0 Å². The number of carbonyl (C=O) groups is 1. The molecular weight excluding hydrogens is 168 g/mol. The second-order valence-corrected chi connectivity index (χ2v) is 3.54. The standard InChI is InChI=1S/C9H18N2O2/c1-6(10-2)9(12)11-7-4-8(5-7)13-3/h6-8,10H,4-5H2,1-3H3,(H,11,12). The van der Waals surface area contributed by atoms with Gasteiger partial charge in [0.05, 0.1) is 12.1 Å². The zero-order chi connectivity index (χ0) is 9.84. The van der Waals surface area contributed by atoms with E-state index in [2.05, 4.69) is 10.6 Å². The lowest BCUT2D eigenvalue weighted by atomic mass is 9.89. The van der Waals surface area contributed by atoms with E-state index in [9.17, 15) is 4.79 Å². The van der Waals surface area contributed by atoms with E-state index >= 15 is 0 Å². The molecule has 1 aliphatic carbocycles. The summed E-state index contributed by atoms with van der Waals surface area (Å²) >= 11 is 0. The largest absolute Gasteiger partial charge is 0.381 e. The third-order valence-electron chi connectivity index (χ3n) is 2.60. The summed E-state index contributed by atoms with van der Waals surface area (Å²) in [6.07, 6.45) is 2.23. The first-order valence-corrected chi connectivity index (χ1v) is 4.67. The molecule has 2 N–H and O–H groups in total. The van der Waals surface area contributed by atoms with Crippen LogP contribution in [0, 0.1) is 0 Å². The third kappa shape index (κ3) is 2.67. The van der Waals surface area contributed by atoms with Crippen molar-refractivity contribution in [2.75, 3.05) is 14.2 Å². The van der Waals surface area contributed by atoms with Gasteiger partial charge in [0.25, 0.3) is 0 Å². The van der Waals surface area contributed by atoms with Gasteiger partial charge in [-0.3, -0.25) is 4.79 Å². The second-order valence-electron chi connectivity index (χ2n) is 3.54. The van der Waals surface area contributed by atoms with Crippen molar-refractivity contribution in [3.63, 3.8) is 0 Å². The molecule has 0 bridgehead atoms. The molecule has 0 radical (unpaired) electrons. The Kier molecular flexibility index (Phi) is 3.69. The summed E-state index contributed by atoms with van der Waals surface area (Å²) in [6.45, 7) is 1.85. The van der Waals surface area contributed by atoms with Gasteiger partial charge in [-0.25, -0.2) is 0 Å². The highest BCUT2D eigenvalue weighted by Gasteiger charge is 2.30. The van der Waals surface area contributed by atoms with Gasteiger partial charge in [0, 0.05) is 13.2 Å². The van der Waals surface area contributed by atoms with E-state index in [0.717, 1.165) is 12.8 Å². The predicted molar refractivity (Wildman–Crippen MR) is 50.5 cm³/mol. The minimum atomic E-state index is -0.110. The Balaban J connectivity index is 2.16. The van der Waals surface area contributed by atoms with Crippen LogP contribution in [0.15, 0.2) is 0 Å². The number of likely N-dealkylation sites (N-methyl/N-ethyl adjacent to an activating group) is 1. The first-order chi connectivity index (χ1) is 6.17. The third-order valence-corrected chi connectivity index (χ3v) is 2.60. The summed E-state index contributed by atoms with van der Waals surface area (Å²) in [6, 6.07) is 0.204.